The van der Waals surface area contributed by atoms with Crippen molar-refractivity contribution >= 4 is 35.1 Å². The van der Waals surface area contributed by atoms with Crippen molar-refractivity contribution in [1.29, 1.82) is 0 Å². The van der Waals surface area contributed by atoms with E-state index in [9.17, 15) is 4.79 Å². The molecule has 0 atom stereocenters. The molecule has 1 aromatic heterocycles. The third-order valence-corrected chi connectivity index (χ3v) is 6.57. The molecule has 2 aromatic rings. The zero-order valence-corrected chi connectivity index (χ0v) is 19.0. The molecule has 2 aliphatic rings. The Morgan fingerprint density at radius 1 is 1.06 bits per heavy atom. The Kier molecular flexibility index (Phi) is 6.51. The van der Waals surface area contributed by atoms with Gasteiger partial charge in [0.05, 0.1) is 5.69 Å². The number of primary amides is 1. The summed E-state index contributed by atoms with van der Waals surface area (Å²) >= 11 is 5.99. The lowest BCUT2D eigenvalue weighted by Crippen LogP contribution is -2.46. The second-order valence-electron chi connectivity index (χ2n) is 8.73. The van der Waals surface area contributed by atoms with Gasteiger partial charge in [-0.1, -0.05) is 11.6 Å². The highest BCUT2D eigenvalue weighted by Gasteiger charge is 2.29. The normalized spacial score (nSPS) is 20.6. The number of carbonyl (C=O) groups is 1. The van der Waals surface area contributed by atoms with Gasteiger partial charge < -0.3 is 16.0 Å². The summed E-state index contributed by atoms with van der Waals surface area (Å²) in [4.78, 5) is 25.6. The molecule has 0 spiro atoms. The largest absolute Gasteiger partial charge is 0.362 e. The van der Waals surface area contributed by atoms with Crippen LogP contribution in [0.2, 0.25) is 5.02 Å². The quantitative estimate of drug-likeness (QED) is 0.717. The van der Waals surface area contributed by atoms with Gasteiger partial charge in [0.1, 0.15) is 5.82 Å². The molecule has 0 aliphatic heterocycles. The van der Waals surface area contributed by atoms with Crippen molar-refractivity contribution in [1.82, 2.24) is 9.97 Å². The second-order valence-corrected chi connectivity index (χ2v) is 9.17. The van der Waals surface area contributed by atoms with Gasteiger partial charge in [-0.2, -0.15) is 4.98 Å². The van der Waals surface area contributed by atoms with Crippen molar-refractivity contribution in [3.05, 3.63) is 40.5 Å². The topological polar surface area (TPSA) is 87.4 Å². The van der Waals surface area contributed by atoms with E-state index in [2.05, 4.69) is 10.2 Å². The summed E-state index contributed by atoms with van der Waals surface area (Å²) in [6, 6.07) is 7.21. The van der Waals surface area contributed by atoms with Crippen molar-refractivity contribution < 1.29 is 4.79 Å². The predicted octanol–water partition coefficient (Wildman–Crippen LogP) is 4.38. The summed E-state index contributed by atoms with van der Waals surface area (Å²) < 4.78 is 0. The van der Waals surface area contributed by atoms with Crippen molar-refractivity contribution in [2.75, 3.05) is 29.2 Å². The number of amides is 2. The molecular weight excluding hydrogens is 412 g/mol. The molecule has 8 heteroatoms. The Bertz CT molecular complexity index is 924. The summed E-state index contributed by atoms with van der Waals surface area (Å²) in [7, 11) is 4.09. The van der Waals surface area contributed by atoms with Crippen LogP contribution in [-0.2, 0) is 12.8 Å². The number of aryl methyl sites for hydroxylation is 1. The number of benzene rings is 1. The van der Waals surface area contributed by atoms with Crippen molar-refractivity contribution in [3.63, 3.8) is 0 Å². The number of hydrogen-bond donors (Lipinski definition) is 2. The minimum absolute atomic E-state index is 0.0820. The summed E-state index contributed by atoms with van der Waals surface area (Å²) in [5.74, 6) is 1.75. The number of halogens is 1. The molecular formula is C23H31ClN6O. The molecule has 0 radical (unpaired) electrons. The van der Waals surface area contributed by atoms with E-state index in [1.807, 2.05) is 26.2 Å². The lowest BCUT2D eigenvalue weighted by Gasteiger charge is -2.36. The molecule has 31 heavy (non-hydrogen) atoms. The van der Waals surface area contributed by atoms with Gasteiger partial charge in [-0.05, 0) is 75.6 Å². The van der Waals surface area contributed by atoms with Gasteiger partial charge in [0.2, 0.25) is 5.95 Å². The Balaban J connectivity index is 1.44. The number of nitrogens with zero attached hydrogens (tertiary/aromatic N) is 4. The number of nitrogens with two attached hydrogens (primary N) is 1. The van der Waals surface area contributed by atoms with Crippen molar-refractivity contribution in [2.45, 2.75) is 63.5 Å². The maximum absolute atomic E-state index is 12.2. The molecule has 7 nitrogen and oxygen atoms in total. The van der Waals surface area contributed by atoms with Crippen LogP contribution in [0.15, 0.2) is 24.3 Å². The van der Waals surface area contributed by atoms with E-state index in [4.69, 9.17) is 27.3 Å². The van der Waals surface area contributed by atoms with Crippen LogP contribution in [0.4, 0.5) is 22.2 Å². The van der Waals surface area contributed by atoms with Crippen LogP contribution >= 0.6 is 11.6 Å². The Morgan fingerprint density at radius 2 is 1.74 bits per heavy atom. The van der Waals surface area contributed by atoms with E-state index in [1.54, 1.807) is 17.0 Å². The molecule has 0 bridgehead atoms. The highest BCUT2D eigenvalue weighted by atomic mass is 35.5. The summed E-state index contributed by atoms with van der Waals surface area (Å²) in [5, 5.41) is 4.20. The average Bonchev–Trinajstić information content (AvgIpc) is 2.75. The van der Waals surface area contributed by atoms with E-state index < -0.39 is 6.03 Å². The average molecular weight is 443 g/mol. The van der Waals surface area contributed by atoms with Gasteiger partial charge in [-0.3, -0.25) is 4.90 Å². The molecule has 1 saturated carbocycles. The van der Waals surface area contributed by atoms with E-state index in [1.165, 1.54) is 24.1 Å². The van der Waals surface area contributed by atoms with Crippen molar-refractivity contribution in [3.8, 4) is 0 Å². The first-order valence-corrected chi connectivity index (χ1v) is 11.5. The second kappa shape index (κ2) is 9.30. The molecule has 1 aromatic carbocycles. The van der Waals surface area contributed by atoms with Crippen LogP contribution < -0.4 is 20.9 Å². The fourth-order valence-corrected chi connectivity index (χ4v) is 4.92. The number of anilines is 3. The minimum atomic E-state index is -0.424. The van der Waals surface area contributed by atoms with Crippen LogP contribution in [0.25, 0.3) is 0 Å². The zero-order valence-electron chi connectivity index (χ0n) is 18.3. The molecule has 4 rings (SSSR count). The number of hydrogen-bond acceptors (Lipinski definition) is 5. The molecule has 2 amide bonds. The monoisotopic (exact) mass is 442 g/mol. The maximum Gasteiger partial charge on any atom is 0.319 e. The number of aromatic nitrogens is 2. The van der Waals surface area contributed by atoms with Crippen LogP contribution in [0.1, 0.15) is 49.8 Å². The van der Waals surface area contributed by atoms with E-state index in [-0.39, 0.29) is 12.1 Å². The summed E-state index contributed by atoms with van der Waals surface area (Å²) in [6.45, 7) is 0. The van der Waals surface area contributed by atoms with Gasteiger partial charge in [0, 0.05) is 42.5 Å². The number of rotatable bonds is 5. The standard InChI is InChI=1S/C23H31ClN6O/c1-29(2)21-19-5-3-4-6-20(19)27-23(28-21)26-16-9-13-18(14-10-16)30(22(25)31)17-11-7-15(24)8-12-17/h7-8,11-12,16,18H,3-6,9-10,13-14H2,1-2H3,(H2,25,31)(H,26,27,28)/t16-,18+. The number of urea groups is 1. The van der Waals surface area contributed by atoms with Crippen LogP contribution in [0.5, 0.6) is 0 Å². The molecule has 1 heterocycles. The SMILES string of the molecule is CN(C)c1nc(N[C@H]2CC[C@@H](N(C(N)=O)c3ccc(Cl)cc3)CC2)nc2c1CCCC2. The van der Waals surface area contributed by atoms with Gasteiger partial charge in [-0.25, -0.2) is 9.78 Å². The lowest BCUT2D eigenvalue weighted by atomic mass is 9.90. The Morgan fingerprint density at radius 3 is 2.39 bits per heavy atom. The van der Waals surface area contributed by atoms with Crippen LogP contribution in [-0.4, -0.2) is 42.2 Å². The predicted molar refractivity (Wildman–Crippen MR) is 126 cm³/mol. The number of nitrogens with one attached hydrogen (secondary N) is 1. The van der Waals surface area contributed by atoms with Crippen LogP contribution in [0.3, 0.4) is 0 Å². The fourth-order valence-electron chi connectivity index (χ4n) is 4.79. The van der Waals surface area contributed by atoms with Gasteiger partial charge in [-0.15, -0.1) is 0 Å². The minimum Gasteiger partial charge on any atom is -0.362 e. The molecule has 3 N–H and O–H groups in total. The molecule has 0 unspecified atom stereocenters. The lowest BCUT2D eigenvalue weighted by molar-refractivity contribution is 0.248. The highest BCUT2D eigenvalue weighted by Crippen LogP contribution is 2.31. The molecule has 1 fully saturated rings. The zero-order chi connectivity index (χ0) is 22.0. The van der Waals surface area contributed by atoms with Gasteiger partial charge in [0.25, 0.3) is 0 Å². The first-order valence-electron chi connectivity index (χ1n) is 11.1. The van der Waals surface area contributed by atoms with E-state index in [0.717, 1.165) is 56.0 Å². The Hall–Kier alpha value is -2.54. The third-order valence-electron chi connectivity index (χ3n) is 6.32. The summed E-state index contributed by atoms with van der Waals surface area (Å²) in [6.07, 6.45) is 8.08. The Labute approximate surface area is 189 Å². The first kappa shape index (κ1) is 21.7. The first-order chi connectivity index (χ1) is 14.9. The number of carbonyl (C=O) groups excluding carboxylic acids is 1. The van der Waals surface area contributed by atoms with E-state index in [0.29, 0.717) is 5.02 Å². The van der Waals surface area contributed by atoms with E-state index >= 15 is 0 Å². The van der Waals surface area contributed by atoms with Crippen LogP contribution in [0, 0.1) is 0 Å². The smallest absolute Gasteiger partial charge is 0.319 e. The van der Waals surface area contributed by atoms with Gasteiger partial charge >= 0.3 is 6.03 Å². The molecule has 0 saturated heterocycles. The van der Waals surface area contributed by atoms with Crippen molar-refractivity contribution in [2.24, 2.45) is 5.73 Å². The summed E-state index contributed by atoms with van der Waals surface area (Å²) in [5.41, 5.74) is 8.99. The van der Waals surface area contributed by atoms with Gasteiger partial charge in [0.15, 0.2) is 0 Å². The third kappa shape index (κ3) is 4.87. The maximum atomic E-state index is 12.2. The highest BCUT2D eigenvalue weighted by molar-refractivity contribution is 6.30. The molecule has 166 valence electrons. The number of fused-ring (bicyclic) bond motifs is 1. The fraction of sp³-hybridized carbons (Fsp3) is 0.522. The molecule has 2 aliphatic carbocycles.